The SMILES string of the molecule is CC1(c2ccccc2)c2ccccc2-c2c(-c3ccc(N(c4cccc(-c5ccc(-c6ccccc6)cc5)c4)c4cccc5ccccc45)cc3)cccc21. The Kier molecular flexibility index (Phi) is 8.00. The second-order valence-electron chi connectivity index (χ2n) is 14.6. The number of fused-ring (bicyclic) bond motifs is 4. The van der Waals surface area contributed by atoms with Crippen LogP contribution < -0.4 is 4.90 Å². The monoisotopic (exact) mass is 701 g/mol. The van der Waals surface area contributed by atoms with Crippen molar-refractivity contribution in [3.05, 3.63) is 235 Å². The molecular weight excluding hydrogens is 663 g/mol. The molecule has 0 heterocycles. The van der Waals surface area contributed by atoms with Gasteiger partial charge < -0.3 is 4.90 Å². The maximum atomic E-state index is 2.41. The third-order valence-electron chi connectivity index (χ3n) is 11.6. The van der Waals surface area contributed by atoms with E-state index in [-0.39, 0.29) is 5.41 Å². The van der Waals surface area contributed by atoms with E-state index < -0.39 is 0 Å². The molecule has 260 valence electrons. The molecule has 0 radical (unpaired) electrons. The van der Waals surface area contributed by atoms with E-state index in [9.17, 15) is 0 Å². The van der Waals surface area contributed by atoms with E-state index in [1.807, 2.05) is 0 Å². The topological polar surface area (TPSA) is 3.24 Å². The first-order valence-electron chi connectivity index (χ1n) is 19.1. The zero-order chi connectivity index (χ0) is 36.8. The number of nitrogens with zero attached hydrogens (tertiary/aromatic N) is 1. The summed E-state index contributed by atoms with van der Waals surface area (Å²) in [5, 5.41) is 2.43. The Labute approximate surface area is 323 Å². The van der Waals surface area contributed by atoms with Crippen molar-refractivity contribution in [1.29, 1.82) is 0 Å². The quantitative estimate of drug-likeness (QED) is 0.160. The number of hydrogen-bond donors (Lipinski definition) is 0. The standard InChI is InChI=1S/C54H39N/c1-54(44-20-6-3-7-21-44)50-26-11-10-24-49(50)53-48(25-14-27-51(53)54)42-33-35-45(36-34-42)55(52-28-13-18-41-17-8-9-23-47(41)52)46-22-12-19-43(37-46)40-31-29-39(30-32-40)38-15-4-2-5-16-38/h2-37H,1H3. The highest BCUT2D eigenvalue weighted by Gasteiger charge is 2.41. The van der Waals surface area contributed by atoms with Crippen LogP contribution >= 0.6 is 0 Å². The van der Waals surface area contributed by atoms with Crippen molar-refractivity contribution in [2.24, 2.45) is 0 Å². The fraction of sp³-hybridized carbons (Fsp3) is 0.0370. The first kappa shape index (κ1) is 32.7. The molecule has 0 fully saturated rings. The summed E-state index contributed by atoms with van der Waals surface area (Å²) in [6.07, 6.45) is 0. The van der Waals surface area contributed by atoms with Crippen molar-refractivity contribution >= 4 is 27.8 Å². The zero-order valence-corrected chi connectivity index (χ0v) is 30.7. The van der Waals surface area contributed by atoms with Crippen molar-refractivity contribution in [2.75, 3.05) is 4.90 Å². The van der Waals surface area contributed by atoms with Gasteiger partial charge in [-0.3, -0.25) is 0 Å². The Bertz CT molecular complexity index is 2800. The van der Waals surface area contributed by atoms with E-state index in [4.69, 9.17) is 0 Å². The molecule has 1 heteroatoms. The van der Waals surface area contributed by atoms with E-state index in [1.54, 1.807) is 0 Å². The molecule has 0 bridgehead atoms. The molecule has 1 aliphatic rings. The molecule has 1 unspecified atom stereocenters. The lowest BCUT2D eigenvalue weighted by atomic mass is 9.74. The fourth-order valence-electron chi connectivity index (χ4n) is 8.80. The molecule has 0 aromatic heterocycles. The van der Waals surface area contributed by atoms with E-state index in [1.165, 1.54) is 72.0 Å². The van der Waals surface area contributed by atoms with Crippen molar-refractivity contribution in [2.45, 2.75) is 12.3 Å². The van der Waals surface area contributed by atoms with Crippen LogP contribution in [-0.2, 0) is 5.41 Å². The molecule has 0 saturated carbocycles. The smallest absolute Gasteiger partial charge is 0.0540 e. The van der Waals surface area contributed by atoms with E-state index in [2.05, 4.69) is 230 Å². The Balaban J connectivity index is 1.08. The van der Waals surface area contributed by atoms with Gasteiger partial charge in [0.05, 0.1) is 5.69 Å². The van der Waals surface area contributed by atoms with E-state index >= 15 is 0 Å². The third kappa shape index (κ3) is 5.56. The van der Waals surface area contributed by atoms with Gasteiger partial charge in [-0.25, -0.2) is 0 Å². The molecule has 9 aromatic carbocycles. The predicted octanol–water partition coefficient (Wildman–Crippen LogP) is 14.6. The van der Waals surface area contributed by atoms with Crippen LogP contribution in [0.2, 0.25) is 0 Å². The van der Waals surface area contributed by atoms with Crippen molar-refractivity contribution in [1.82, 2.24) is 0 Å². The first-order valence-corrected chi connectivity index (χ1v) is 19.1. The molecule has 55 heavy (non-hydrogen) atoms. The van der Waals surface area contributed by atoms with E-state index in [0.717, 1.165) is 17.1 Å². The van der Waals surface area contributed by atoms with Gasteiger partial charge in [0.15, 0.2) is 0 Å². The summed E-state index contributed by atoms with van der Waals surface area (Å²) in [5.41, 5.74) is 17.1. The van der Waals surface area contributed by atoms with Crippen molar-refractivity contribution in [3.8, 4) is 44.5 Å². The Morgan fingerprint density at radius 2 is 0.909 bits per heavy atom. The lowest BCUT2D eigenvalue weighted by Crippen LogP contribution is -2.22. The second-order valence-corrected chi connectivity index (χ2v) is 14.6. The number of hydrogen-bond acceptors (Lipinski definition) is 1. The van der Waals surface area contributed by atoms with Crippen LogP contribution in [0.25, 0.3) is 55.3 Å². The minimum absolute atomic E-state index is 0.235. The highest BCUT2D eigenvalue weighted by Crippen LogP contribution is 2.55. The van der Waals surface area contributed by atoms with E-state index in [0.29, 0.717) is 0 Å². The summed E-state index contributed by atoms with van der Waals surface area (Å²) >= 11 is 0. The predicted molar refractivity (Wildman–Crippen MR) is 232 cm³/mol. The fourth-order valence-corrected chi connectivity index (χ4v) is 8.80. The molecule has 9 aromatic rings. The summed E-state index contributed by atoms with van der Waals surface area (Å²) in [4.78, 5) is 2.41. The average molecular weight is 702 g/mol. The van der Waals surface area contributed by atoms with Gasteiger partial charge in [0, 0.05) is 22.2 Å². The van der Waals surface area contributed by atoms with Crippen LogP contribution in [0.5, 0.6) is 0 Å². The summed E-state index contributed by atoms with van der Waals surface area (Å²) < 4.78 is 0. The molecule has 10 rings (SSSR count). The summed E-state index contributed by atoms with van der Waals surface area (Å²) in [7, 11) is 0. The van der Waals surface area contributed by atoms with Gasteiger partial charge >= 0.3 is 0 Å². The van der Waals surface area contributed by atoms with Crippen LogP contribution in [-0.4, -0.2) is 0 Å². The Morgan fingerprint density at radius 3 is 1.71 bits per heavy atom. The average Bonchev–Trinajstić information content (AvgIpc) is 3.54. The maximum absolute atomic E-state index is 2.41. The highest BCUT2D eigenvalue weighted by molar-refractivity contribution is 6.00. The van der Waals surface area contributed by atoms with Crippen LogP contribution in [0.3, 0.4) is 0 Å². The lowest BCUT2D eigenvalue weighted by molar-refractivity contribution is 0.714. The normalized spacial score (nSPS) is 14.3. The van der Waals surface area contributed by atoms with Crippen LogP contribution in [0.4, 0.5) is 17.1 Å². The molecule has 0 spiro atoms. The van der Waals surface area contributed by atoms with Crippen molar-refractivity contribution < 1.29 is 0 Å². The minimum atomic E-state index is -0.235. The maximum Gasteiger partial charge on any atom is 0.0540 e. The summed E-state index contributed by atoms with van der Waals surface area (Å²) in [5.74, 6) is 0. The third-order valence-corrected chi connectivity index (χ3v) is 11.6. The van der Waals surface area contributed by atoms with Crippen LogP contribution in [0.15, 0.2) is 218 Å². The first-order chi connectivity index (χ1) is 27.2. The molecule has 0 aliphatic heterocycles. The Morgan fingerprint density at radius 1 is 0.364 bits per heavy atom. The molecular formula is C54H39N. The molecule has 1 aliphatic carbocycles. The zero-order valence-electron chi connectivity index (χ0n) is 30.7. The minimum Gasteiger partial charge on any atom is -0.310 e. The van der Waals surface area contributed by atoms with Gasteiger partial charge in [-0.05, 0) is 104 Å². The van der Waals surface area contributed by atoms with Crippen molar-refractivity contribution in [3.63, 3.8) is 0 Å². The number of anilines is 3. The lowest BCUT2D eigenvalue weighted by Gasteiger charge is -2.28. The molecule has 0 N–H and O–H groups in total. The van der Waals surface area contributed by atoms with Crippen LogP contribution in [0, 0.1) is 0 Å². The van der Waals surface area contributed by atoms with Gasteiger partial charge in [0.2, 0.25) is 0 Å². The highest BCUT2D eigenvalue weighted by atomic mass is 15.1. The van der Waals surface area contributed by atoms with Gasteiger partial charge in [-0.2, -0.15) is 0 Å². The van der Waals surface area contributed by atoms with Gasteiger partial charge in [-0.1, -0.05) is 188 Å². The number of benzene rings is 9. The van der Waals surface area contributed by atoms with Gasteiger partial charge in [-0.15, -0.1) is 0 Å². The molecule has 1 atom stereocenters. The molecule has 0 saturated heterocycles. The van der Waals surface area contributed by atoms with Gasteiger partial charge in [0.25, 0.3) is 0 Å². The Hall–Kier alpha value is -6.96. The second kappa shape index (κ2) is 13.5. The summed E-state index contributed by atoms with van der Waals surface area (Å²) in [6, 6.07) is 79.6. The molecule has 0 amide bonds. The number of rotatable bonds is 7. The summed E-state index contributed by atoms with van der Waals surface area (Å²) in [6.45, 7) is 2.38. The largest absolute Gasteiger partial charge is 0.310 e. The van der Waals surface area contributed by atoms with Gasteiger partial charge in [0.1, 0.15) is 0 Å². The van der Waals surface area contributed by atoms with Crippen LogP contribution in [0.1, 0.15) is 23.6 Å². The molecule has 1 nitrogen and oxygen atoms in total.